The number of allylic oxidation sites excluding steroid dienone is 2. The predicted molar refractivity (Wildman–Crippen MR) is 199 cm³/mol. The number of carbonyl (C=O) groups excluding carboxylic acids is 4. The first kappa shape index (κ1) is 39.7. The van der Waals surface area contributed by atoms with Crippen molar-refractivity contribution in [2.75, 3.05) is 13.1 Å². The van der Waals surface area contributed by atoms with Crippen molar-refractivity contribution >= 4 is 44.7 Å². The van der Waals surface area contributed by atoms with E-state index in [-0.39, 0.29) is 36.3 Å². The van der Waals surface area contributed by atoms with Crippen LogP contribution in [0.25, 0.3) is 11.0 Å². The number of ether oxygens (including phenoxy) is 1. The highest BCUT2D eigenvalue weighted by molar-refractivity contribution is 7.91. The minimum Gasteiger partial charge on any atom is -0.471 e. The lowest BCUT2D eigenvalue weighted by molar-refractivity contribution is -0.140. The molecule has 294 valence electrons. The Bertz CT molecular complexity index is 2070. The zero-order valence-electron chi connectivity index (χ0n) is 30.9. The average molecular weight is 781 g/mol. The van der Waals surface area contributed by atoms with Gasteiger partial charge in [-0.2, -0.15) is 0 Å². The van der Waals surface area contributed by atoms with E-state index < -0.39 is 74.8 Å². The minimum absolute atomic E-state index is 0.00566. The smallest absolute Gasteiger partial charge is 0.252 e. The molecule has 55 heavy (non-hydrogen) atoms. The van der Waals surface area contributed by atoms with E-state index in [0.29, 0.717) is 36.4 Å². The van der Waals surface area contributed by atoms with Gasteiger partial charge in [0.2, 0.25) is 27.7 Å². The fourth-order valence-corrected chi connectivity index (χ4v) is 7.72. The molecule has 2 aliphatic carbocycles. The average Bonchev–Trinajstić information content (AvgIpc) is 4.08. The Kier molecular flexibility index (Phi) is 12.1. The van der Waals surface area contributed by atoms with E-state index in [0.717, 1.165) is 31.4 Å². The summed E-state index contributed by atoms with van der Waals surface area (Å²) in [4.78, 5) is 64.1. The number of hydrogen-bond acceptors (Lipinski definition) is 9. The molecule has 4 amide bonds. The summed E-state index contributed by atoms with van der Waals surface area (Å²) in [6, 6.07) is 6.95. The third-order valence-corrected chi connectivity index (χ3v) is 12.5. The van der Waals surface area contributed by atoms with Crippen molar-refractivity contribution in [3.05, 3.63) is 77.5 Å². The van der Waals surface area contributed by atoms with Crippen LogP contribution in [-0.2, 0) is 24.4 Å². The molecule has 1 aromatic heterocycles. The Morgan fingerprint density at radius 3 is 2.49 bits per heavy atom. The van der Waals surface area contributed by atoms with Crippen LogP contribution in [0.4, 0.5) is 8.78 Å². The molecule has 2 heterocycles. The van der Waals surface area contributed by atoms with Crippen LogP contribution in [-0.4, -0.2) is 82.9 Å². The predicted octanol–water partition coefficient (Wildman–Crippen LogP) is 4.39. The number of nitrogens with zero attached hydrogens (tertiary/aromatic N) is 3. The van der Waals surface area contributed by atoms with Crippen LogP contribution in [0.3, 0.4) is 0 Å². The number of carbonyl (C=O) groups is 4. The standard InChI is InChI=1S/C39H46F2N6O7S/c1-24-37(45-34-29(41)10-8-12-30(34)43-24)54-28-21-32(36(50)42-22-33(48)46-55(52,53)39(2)19-20-39)47(23-28)38(51)31(11-7-5-3-4-6-9-25-13-14-25)44-35(49)26-15-17-27(40)18-16-26/h6,8-10,12,15-18,25,28,31-32H,3-5,7,11,13-14,19-23H2,1-2H3,(H,42,50)(H,44,49)(H,46,48)/b9-6-/t28-,31+,32+/m1/s1. The number of sulfonamides is 1. The van der Waals surface area contributed by atoms with Crippen LogP contribution in [0, 0.1) is 24.5 Å². The van der Waals surface area contributed by atoms with Crippen LogP contribution in [0.5, 0.6) is 5.88 Å². The molecule has 3 aromatic rings. The van der Waals surface area contributed by atoms with Gasteiger partial charge in [0.15, 0.2) is 5.82 Å². The molecular weight excluding hydrogens is 735 g/mol. The number of unbranched alkanes of at least 4 members (excludes halogenated alkanes) is 3. The third-order valence-electron chi connectivity index (χ3n) is 10.3. The molecule has 1 saturated heterocycles. The Balaban J connectivity index is 1.20. The Hall–Kier alpha value is -4.99. The quantitative estimate of drug-likeness (QED) is 0.133. The van der Waals surface area contributed by atoms with Crippen molar-refractivity contribution in [2.45, 2.75) is 101 Å². The van der Waals surface area contributed by atoms with Crippen molar-refractivity contribution in [1.29, 1.82) is 0 Å². The van der Waals surface area contributed by atoms with Gasteiger partial charge >= 0.3 is 0 Å². The molecule has 3 atom stereocenters. The molecule has 0 bridgehead atoms. The summed E-state index contributed by atoms with van der Waals surface area (Å²) in [5, 5.41) is 5.23. The van der Waals surface area contributed by atoms with Gasteiger partial charge in [-0.15, -0.1) is 0 Å². The van der Waals surface area contributed by atoms with E-state index >= 15 is 0 Å². The Labute approximate surface area is 318 Å². The Morgan fingerprint density at radius 1 is 1.04 bits per heavy atom. The molecule has 1 aliphatic heterocycles. The van der Waals surface area contributed by atoms with E-state index in [4.69, 9.17) is 4.74 Å². The molecule has 13 nitrogen and oxygen atoms in total. The van der Waals surface area contributed by atoms with Gasteiger partial charge in [-0.05, 0) is 101 Å². The van der Waals surface area contributed by atoms with Gasteiger partial charge in [0.1, 0.15) is 35.2 Å². The molecule has 2 aromatic carbocycles. The van der Waals surface area contributed by atoms with Crippen LogP contribution >= 0.6 is 0 Å². The maximum Gasteiger partial charge on any atom is 0.252 e. The van der Waals surface area contributed by atoms with Crippen LogP contribution in [0.1, 0.15) is 87.2 Å². The largest absolute Gasteiger partial charge is 0.471 e. The van der Waals surface area contributed by atoms with Gasteiger partial charge in [0.05, 0.1) is 23.4 Å². The van der Waals surface area contributed by atoms with Crippen molar-refractivity contribution in [3.8, 4) is 5.88 Å². The second kappa shape index (κ2) is 16.8. The Morgan fingerprint density at radius 2 is 1.78 bits per heavy atom. The van der Waals surface area contributed by atoms with Crippen molar-refractivity contribution < 1.29 is 41.1 Å². The van der Waals surface area contributed by atoms with Gasteiger partial charge < -0.3 is 20.3 Å². The number of aromatic nitrogens is 2. The summed E-state index contributed by atoms with van der Waals surface area (Å²) in [6.45, 7) is 2.34. The third kappa shape index (κ3) is 10.0. The number of rotatable bonds is 17. The van der Waals surface area contributed by atoms with E-state index in [2.05, 4.69) is 32.8 Å². The molecule has 6 rings (SSSR count). The lowest BCUT2D eigenvalue weighted by atomic mass is 10.0. The first-order chi connectivity index (χ1) is 26.2. The van der Waals surface area contributed by atoms with Gasteiger partial charge in [-0.25, -0.2) is 27.2 Å². The van der Waals surface area contributed by atoms with Crippen molar-refractivity contribution in [2.24, 2.45) is 5.92 Å². The number of amides is 4. The lowest BCUT2D eigenvalue weighted by Gasteiger charge is -2.28. The van der Waals surface area contributed by atoms with Crippen LogP contribution < -0.4 is 20.1 Å². The van der Waals surface area contributed by atoms with E-state index in [1.54, 1.807) is 13.0 Å². The zero-order chi connectivity index (χ0) is 39.3. The maximum absolute atomic E-state index is 14.6. The van der Waals surface area contributed by atoms with Gasteiger partial charge in [0.25, 0.3) is 11.8 Å². The number of fused-ring (bicyclic) bond motifs is 1. The number of hydrogen-bond donors (Lipinski definition) is 3. The summed E-state index contributed by atoms with van der Waals surface area (Å²) < 4.78 is 60.6. The summed E-state index contributed by atoms with van der Waals surface area (Å²) in [7, 11) is -3.95. The maximum atomic E-state index is 14.6. The minimum atomic E-state index is -3.95. The first-order valence-electron chi connectivity index (χ1n) is 18.7. The van der Waals surface area contributed by atoms with E-state index in [1.807, 2.05) is 4.72 Å². The lowest BCUT2D eigenvalue weighted by Crippen LogP contribution is -2.54. The topological polar surface area (TPSA) is 177 Å². The molecular formula is C39H46F2N6O7S. The molecule has 2 saturated carbocycles. The highest BCUT2D eigenvalue weighted by Crippen LogP contribution is 2.42. The summed E-state index contributed by atoms with van der Waals surface area (Å²) in [6.07, 6.45) is 10.1. The second-order valence-electron chi connectivity index (χ2n) is 14.8. The fraction of sp³-hybridized carbons (Fsp3) is 0.487. The highest BCUT2D eigenvalue weighted by Gasteiger charge is 2.51. The van der Waals surface area contributed by atoms with Crippen molar-refractivity contribution in [3.63, 3.8) is 0 Å². The number of para-hydroxylation sites is 1. The van der Waals surface area contributed by atoms with Gasteiger partial charge in [-0.1, -0.05) is 31.1 Å². The van der Waals surface area contributed by atoms with E-state index in [1.165, 1.54) is 48.9 Å². The van der Waals surface area contributed by atoms with Crippen molar-refractivity contribution in [1.82, 2.24) is 30.2 Å². The van der Waals surface area contributed by atoms with Gasteiger partial charge in [0, 0.05) is 12.0 Å². The summed E-state index contributed by atoms with van der Waals surface area (Å²) in [5.74, 6) is -3.33. The number of aryl methyl sites for hydroxylation is 1. The summed E-state index contributed by atoms with van der Waals surface area (Å²) >= 11 is 0. The monoisotopic (exact) mass is 780 g/mol. The molecule has 0 spiro atoms. The normalized spacial score (nSPS) is 19.6. The number of benzene rings is 2. The van der Waals surface area contributed by atoms with Crippen LogP contribution in [0.2, 0.25) is 0 Å². The first-order valence-corrected chi connectivity index (χ1v) is 20.2. The van der Waals surface area contributed by atoms with Crippen LogP contribution in [0.15, 0.2) is 54.6 Å². The molecule has 16 heteroatoms. The highest BCUT2D eigenvalue weighted by atomic mass is 32.2. The van der Waals surface area contributed by atoms with Gasteiger partial charge in [-0.3, -0.25) is 23.9 Å². The number of halogens is 2. The zero-order valence-corrected chi connectivity index (χ0v) is 31.7. The number of likely N-dealkylation sites (tertiary alicyclic amines) is 1. The fourth-order valence-electron chi connectivity index (χ4n) is 6.46. The molecule has 3 N–H and O–H groups in total. The molecule has 0 unspecified atom stereocenters. The summed E-state index contributed by atoms with van der Waals surface area (Å²) in [5.41, 5.74) is 0.790. The molecule has 0 radical (unpaired) electrons. The molecule has 3 aliphatic rings. The second-order valence-corrected chi connectivity index (χ2v) is 17.0. The molecule has 3 fully saturated rings. The SMILES string of the molecule is Cc1nc2cccc(F)c2nc1O[C@@H]1C[C@@H](C(=O)NCC(=O)NS(=O)(=O)C2(C)CC2)N(C(=O)[C@H](CCCCC/C=C\C2CC2)NC(=O)c2ccc(F)cc2)C1. The van der Waals surface area contributed by atoms with E-state index in [9.17, 15) is 36.4 Å². The number of nitrogens with one attached hydrogen (secondary N) is 3.